The van der Waals surface area contributed by atoms with Crippen LogP contribution in [0.3, 0.4) is 0 Å². The highest BCUT2D eigenvalue weighted by Crippen LogP contribution is 2.29. The summed E-state index contributed by atoms with van der Waals surface area (Å²) in [6, 6.07) is 12.9. The molecule has 0 saturated carbocycles. The molecule has 0 unspecified atom stereocenters. The minimum absolute atomic E-state index is 0.0231. The van der Waals surface area contributed by atoms with Gasteiger partial charge in [-0.3, -0.25) is 4.79 Å². The van der Waals surface area contributed by atoms with Crippen LogP contribution in [-0.2, 0) is 24.1 Å². The first-order valence-corrected chi connectivity index (χ1v) is 9.09. The van der Waals surface area contributed by atoms with Gasteiger partial charge >= 0.3 is 6.18 Å². The van der Waals surface area contributed by atoms with Gasteiger partial charge < -0.3 is 15.5 Å². The van der Waals surface area contributed by atoms with Crippen LogP contribution in [0.15, 0.2) is 53.5 Å². The highest BCUT2D eigenvalue weighted by Gasteiger charge is 2.30. The fourth-order valence-corrected chi connectivity index (χ4v) is 2.52. The topological polar surface area (TPSA) is 56.7 Å². The van der Waals surface area contributed by atoms with Crippen molar-refractivity contribution < 1.29 is 18.0 Å². The van der Waals surface area contributed by atoms with E-state index < -0.39 is 11.7 Å². The number of carbonyl (C=O) groups excluding carboxylic acids is 1. The number of guanidine groups is 1. The highest BCUT2D eigenvalue weighted by molar-refractivity contribution is 5.86. The van der Waals surface area contributed by atoms with Gasteiger partial charge in [0.1, 0.15) is 0 Å². The lowest BCUT2D eigenvalue weighted by molar-refractivity contribution is -0.137. The predicted molar refractivity (Wildman–Crippen MR) is 107 cm³/mol. The Hall–Kier alpha value is -3.03. The lowest BCUT2D eigenvalue weighted by Crippen LogP contribution is -2.42. The van der Waals surface area contributed by atoms with Crippen molar-refractivity contribution >= 4 is 11.9 Å². The van der Waals surface area contributed by atoms with Crippen LogP contribution in [0.25, 0.3) is 0 Å². The second-order valence-electron chi connectivity index (χ2n) is 6.85. The van der Waals surface area contributed by atoms with Gasteiger partial charge in [-0.2, -0.15) is 13.2 Å². The third-order valence-electron chi connectivity index (χ3n) is 4.12. The molecule has 0 aliphatic rings. The summed E-state index contributed by atoms with van der Waals surface area (Å²) < 4.78 is 38.7. The van der Waals surface area contributed by atoms with Gasteiger partial charge in [-0.05, 0) is 30.2 Å². The Balaban J connectivity index is 2.10. The fraction of sp³-hybridized carbons (Fsp3) is 0.333. The van der Waals surface area contributed by atoms with Crippen molar-refractivity contribution in [2.45, 2.75) is 26.2 Å². The molecule has 0 spiro atoms. The first-order chi connectivity index (χ1) is 13.6. The Kier molecular flexibility index (Phi) is 7.64. The molecular formula is C21H25F3N4O. The zero-order valence-electron chi connectivity index (χ0n) is 16.7. The van der Waals surface area contributed by atoms with Crippen molar-refractivity contribution in [3.63, 3.8) is 0 Å². The van der Waals surface area contributed by atoms with Gasteiger partial charge in [0.15, 0.2) is 5.96 Å². The molecule has 2 aromatic rings. The van der Waals surface area contributed by atoms with Gasteiger partial charge in [-0.25, -0.2) is 4.99 Å². The minimum Gasteiger partial charge on any atom is -0.352 e. The van der Waals surface area contributed by atoms with Crippen molar-refractivity contribution in [2.75, 3.05) is 20.6 Å². The second-order valence-corrected chi connectivity index (χ2v) is 6.85. The van der Waals surface area contributed by atoms with Crippen LogP contribution in [0, 0.1) is 6.92 Å². The molecule has 0 atom stereocenters. The van der Waals surface area contributed by atoms with Crippen LogP contribution in [0.1, 0.15) is 22.3 Å². The minimum atomic E-state index is -4.39. The Morgan fingerprint density at radius 1 is 1.03 bits per heavy atom. The molecular weight excluding hydrogens is 381 g/mol. The second kappa shape index (κ2) is 9.95. The molecule has 5 nitrogen and oxygen atoms in total. The molecule has 8 heteroatoms. The fourth-order valence-electron chi connectivity index (χ4n) is 2.52. The van der Waals surface area contributed by atoms with E-state index in [1.165, 1.54) is 11.0 Å². The van der Waals surface area contributed by atoms with E-state index in [1.54, 1.807) is 20.2 Å². The first-order valence-electron chi connectivity index (χ1n) is 9.09. The third kappa shape index (κ3) is 7.48. The number of alkyl halides is 3. The van der Waals surface area contributed by atoms with E-state index in [0.29, 0.717) is 18.1 Å². The molecule has 0 aromatic heterocycles. The van der Waals surface area contributed by atoms with Crippen molar-refractivity contribution in [3.05, 3.63) is 70.8 Å². The van der Waals surface area contributed by atoms with Crippen LogP contribution in [-0.4, -0.2) is 37.4 Å². The molecule has 2 rings (SSSR count). The SMILES string of the molecule is Cc1cccc(CN=C(NCC(=O)N(C)C)NCc2cccc(C(F)(F)F)c2)c1. The standard InChI is InChI=1S/C21H25F3N4O/c1-15-6-4-7-16(10-15)12-25-20(27-14-19(29)28(2)3)26-13-17-8-5-9-18(11-17)21(22,23)24/h4-11H,12-14H2,1-3H3,(H2,25,26,27). The Morgan fingerprint density at radius 3 is 2.38 bits per heavy atom. The summed E-state index contributed by atoms with van der Waals surface area (Å²) in [4.78, 5) is 17.7. The smallest absolute Gasteiger partial charge is 0.352 e. The monoisotopic (exact) mass is 406 g/mol. The zero-order valence-corrected chi connectivity index (χ0v) is 16.7. The van der Waals surface area contributed by atoms with E-state index in [1.807, 2.05) is 31.2 Å². The van der Waals surface area contributed by atoms with Crippen molar-refractivity contribution in [3.8, 4) is 0 Å². The van der Waals surface area contributed by atoms with E-state index in [2.05, 4.69) is 15.6 Å². The number of nitrogens with zero attached hydrogens (tertiary/aromatic N) is 2. The number of aliphatic imine (C=N–C) groups is 1. The average molecular weight is 406 g/mol. The van der Waals surface area contributed by atoms with E-state index in [9.17, 15) is 18.0 Å². The average Bonchev–Trinajstić information content (AvgIpc) is 2.66. The number of amides is 1. The molecule has 2 aromatic carbocycles. The molecule has 0 bridgehead atoms. The molecule has 156 valence electrons. The number of likely N-dealkylation sites (N-methyl/N-ethyl adjacent to an activating group) is 1. The van der Waals surface area contributed by atoms with Crippen LogP contribution in [0.5, 0.6) is 0 Å². The van der Waals surface area contributed by atoms with E-state index in [0.717, 1.165) is 23.3 Å². The van der Waals surface area contributed by atoms with Crippen LogP contribution in [0.2, 0.25) is 0 Å². The van der Waals surface area contributed by atoms with Gasteiger partial charge in [0.2, 0.25) is 5.91 Å². The maximum atomic E-state index is 12.9. The highest BCUT2D eigenvalue weighted by atomic mass is 19.4. The van der Waals surface area contributed by atoms with Crippen molar-refractivity contribution in [2.24, 2.45) is 4.99 Å². The summed E-state index contributed by atoms with van der Waals surface area (Å²) in [5, 5.41) is 5.92. The normalized spacial score (nSPS) is 11.9. The number of halogens is 3. The van der Waals surface area contributed by atoms with E-state index >= 15 is 0 Å². The number of rotatable bonds is 6. The molecule has 0 radical (unpaired) electrons. The maximum absolute atomic E-state index is 12.9. The molecule has 0 aliphatic heterocycles. The van der Waals surface area contributed by atoms with Crippen molar-refractivity contribution in [1.29, 1.82) is 0 Å². The number of hydrogen-bond acceptors (Lipinski definition) is 2. The number of nitrogens with one attached hydrogen (secondary N) is 2. The molecule has 29 heavy (non-hydrogen) atoms. The molecule has 2 N–H and O–H groups in total. The van der Waals surface area contributed by atoms with E-state index in [-0.39, 0.29) is 19.0 Å². The molecule has 0 saturated heterocycles. The van der Waals surface area contributed by atoms with Gasteiger partial charge in [0.05, 0.1) is 18.7 Å². The van der Waals surface area contributed by atoms with E-state index in [4.69, 9.17) is 0 Å². The molecule has 0 aliphatic carbocycles. The van der Waals surface area contributed by atoms with Crippen LogP contribution < -0.4 is 10.6 Å². The van der Waals surface area contributed by atoms with Gasteiger partial charge in [-0.1, -0.05) is 42.0 Å². The van der Waals surface area contributed by atoms with Crippen molar-refractivity contribution in [1.82, 2.24) is 15.5 Å². The Morgan fingerprint density at radius 2 is 1.72 bits per heavy atom. The number of hydrogen-bond donors (Lipinski definition) is 2. The third-order valence-corrected chi connectivity index (χ3v) is 4.12. The van der Waals surface area contributed by atoms with Gasteiger partial charge in [0, 0.05) is 20.6 Å². The first kappa shape index (κ1) is 22.3. The molecule has 0 heterocycles. The summed E-state index contributed by atoms with van der Waals surface area (Å²) >= 11 is 0. The van der Waals surface area contributed by atoms with Gasteiger partial charge in [-0.15, -0.1) is 0 Å². The zero-order chi connectivity index (χ0) is 21.4. The quantitative estimate of drug-likeness (QED) is 0.572. The summed E-state index contributed by atoms with van der Waals surface area (Å²) in [6.07, 6.45) is -4.39. The lowest BCUT2D eigenvalue weighted by atomic mass is 10.1. The molecule has 1 amide bonds. The largest absolute Gasteiger partial charge is 0.416 e. The maximum Gasteiger partial charge on any atom is 0.416 e. The van der Waals surface area contributed by atoms with Crippen LogP contribution in [0.4, 0.5) is 13.2 Å². The number of benzene rings is 2. The van der Waals surface area contributed by atoms with Gasteiger partial charge in [0.25, 0.3) is 0 Å². The molecule has 0 fully saturated rings. The predicted octanol–water partition coefficient (Wildman–Crippen LogP) is 3.34. The summed E-state index contributed by atoms with van der Waals surface area (Å²) in [6.45, 7) is 2.51. The summed E-state index contributed by atoms with van der Waals surface area (Å²) in [5.74, 6) is 0.202. The summed E-state index contributed by atoms with van der Waals surface area (Å²) in [7, 11) is 3.28. The number of aryl methyl sites for hydroxylation is 1. The Bertz CT molecular complexity index is 863. The Labute approximate surface area is 168 Å². The lowest BCUT2D eigenvalue weighted by Gasteiger charge is -2.15. The number of carbonyl (C=O) groups is 1. The van der Waals surface area contributed by atoms with Crippen LogP contribution >= 0.6 is 0 Å². The summed E-state index contributed by atoms with van der Waals surface area (Å²) in [5.41, 5.74) is 1.85.